The Balaban J connectivity index is 1.24. The fraction of sp³-hybridized carbons (Fsp3) is 0.385. The molecule has 1 amide bonds. The van der Waals surface area contributed by atoms with E-state index >= 15 is 4.39 Å². The second-order valence-corrected chi connectivity index (χ2v) is 14.2. The molecule has 2 atom stereocenters. The van der Waals surface area contributed by atoms with E-state index in [0.29, 0.717) is 59.1 Å². The minimum Gasteiger partial charge on any atom is -0.461 e. The number of anilines is 1. The zero-order chi connectivity index (χ0) is 36.6. The van der Waals surface area contributed by atoms with Crippen molar-refractivity contribution >= 4 is 51.1 Å². The highest BCUT2D eigenvalue weighted by Crippen LogP contribution is 2.38. The van der Waals surface area contributed by atoms with Crippen LogP contribution >= 0.6 is 11.6 Å². The molecule has 0 aliphatic carbocycles. The van der Waals surface area contributed by atoms with Gasteiger partial charge in [0.15, 0.2) is 11.6 Å². The maximum absolute atomic E-state index is 16.9. The smallest absolute Gasteiger partial charge is 0.319 e. The molecule has 2 aromatic carbocycles. The highest BCUT2D eigenvalue weighted by Gasteiger charge is 2.39. The van der Waals surface area contributed by atoms with Gasteiger partial charge in [0, 0.05) is 54.4 Å². The van der Waals surface area contributed by atoms with Gasteiger partial charge in [0.1, 0.15) is 35.2 Å². The van der Waals surface area contributed by atoms with Crippen molar-refractivity contribution in [2.24, 2.45) is 0 Å². The number of ether oxygens (including phenoxy) is 1. The predicted octanol–water partition coefficient (Wildman–Crippen LogP) is 7.27. The van der Waals surface area contributed by atoms with Crippen molar-refractivity contribution in [2.75, 3.05) is 45.2 Å². The predicted molar refractivity (Wildman–Crippen MR) is 199 cm³/mol. The Hall–Kier alpha value is -4.81. The molecule has 5 heterocycles. The summed E-state index contributed by atoms with van der Waals surface area (Å²) >= 11 is 6.64. The average Bonchev–Trinajstić information content (AvgIpc) is 3.78. The number of hydrogen-bond acceptors (Lipinski definition) is 9. The molecule has 0 radical (unpaired) electrons. The van der Waals surface area contributed by atoms with Crippen LogP contribution < -0.4 is 9.64 Å². The first-order valence-corrected chi connectivity index (χ1v) is 18.0. The minimum absolute atomic E-state index is 0.0536. The number of likely N-dealkylation sites (N-methyl/N-ethyl adjacent to an activating group) is 2. The lowest BCUT2D eigenvalue weighted by atomic mass is 9.92. The summed E-state index contributed by atoms with van der Waals surface area (Å²) in [6.07, 6.45) is 10.0. The topological polar surface area (TPSA) is 100 Å². The van der Waals surface area contributed by atoms with Gasteiger partial charge in [-0.25, -0.2) is 18.7 Å². The SMILES string of the molecule is CCCC1(COc2nc(N(C)C3CCN(C(=O)/C=C/c4nc(C)ncc4F)C3)c3cnc(-c4cccc5cccc(Cl)c45)c(F)c3n2)CCCN1C. The van der Waals surface area contributed by atoms with Gasteiger partial charge < -0.3 is 14.5 Å². The minimum atomic E-state index is -0.603. The fourth-order valence-electron chi connectivity index (χ4n) is 7.62. The summed E-state index contributed by atoms with van der Waals surface area (Å²) < 4.78 is 37.5. The summed E-state index contributed by atoms with van der Waals surface area (Å²) in [6, 6.07) is 11.1. The van der Waals surface area contributed by atoms with Gasteiger partial charge in [0.25, 0.3) is 0 Å². The second kappa shape index (κ2) is 14.7. The molecule has 270 valence electrons. The van der Waals surface area contributed by atoms with Crippen LogP contribution in [0.2, 0.25) is 5.02 Å². The van der Waals surface area contributed by atoms with Crippen LogP contribution in [0.4, 0.5) is 14.6 Å². The maximum Gasteiger partial charge on any atom is 0.319 e. The lowest BCUT2D eigenvalue weighted by Gasteiger charge is -2.35. The maximum atomic E-state index is 16.9. The zero-order valence-electron chi connectivity index (χ0n) is 29.7. The number of rotatable bonds is 10. The van der Waals surface area contributed by atoms with Crippen molar-refractivity contribution in [1.82, 2.24) is 34.7 Å². The number of carbonyl (C=O) groups excluding carboxylic acids is 1. The number of aryl methyl sites for hydroxylation is 1. The number of likely N-dealkylation sites (tertiary alicyclic amines) is 2. The third-order valence-electron chi connectivity index (χ3n) is 10.5. The molecule has 2 saturated heterocycles. The number of carbonyl (C=O) groups is 1. The molecule has 5 aromatic rings. The van der Waals surface area contributed by atoms with Crippen LogP contribution in [-0.4, -0.2) is 92.5 Å². The molecule has 52 heavy (non-hydrogen) atoms. The molecule has 0 spiro atoms. The molecule has 0 N–H and O–H groups in total. The Labute approximate surface area is 306 Å². The Morgan fingerprint density at radius 2 is 1.92 bits per heavy atom. The van der Waals surface area contributed by atoms with Crippen LogP contribution in [0.1, 0.15) is 50.5 Å². The third-order valence-corrected chi connectivity index (χ3v) is 10.8. The van der Waals surface area contributed by atoms with E-state index in [-0.39, 0.29) is 40.4 Å². The van der Waals surface area contributed by atoms with Crippen LogP contribution in [0.3, 0.4) is 0 Å². The largest absolute Gasteiger partial charge is 0.461 e. The number of amides is 1. The third kappa shape index (κ3) is 6.77. The van der Waals surface area contributed by atoms with E-state index in [1.54, 1.807) is 30.2 Å². The lowest BCUT2D eigenvalue weighted by molar-refractivity contribution is -0.124. The summed E-state index contributed by atoms with van der Waals surface area (Å²) in [5.41, 5.74) is 0.665. The van der Waals surface area contributed by atoms with E-state index in [2.05, 4.69) is 38.8 Å². The molecule has 7 rings (SSSR count). The van der Waals surface area contributed by atoms with Gasteiger partial charge in [-0.15, -0.1) is 0 Å². The number of benzene rings is 2. The number of fused-ring (bicyclic) bond motifs is 2. The molecule has 0 bridgehead atoms. The summed E-state index contributed by atoms with van der Waals surface area (Å²) in [7, 11) is 3.99. The molecule has 2 unspecified atom stereocenters. The van der Waals surface area contributed by atoms with Crippen molar-refractivity contribution in [3.63, 3.8) is 0 Å². The fourth-order valence-corrected chi connectivity index (χ4v) is 7.90. The van der Waals surface area contributed by atoms with Gasteiger partial charge in [-0.05, 0) is 63.7 Å². The van der Waals surface area contributed by atoms with Crippen LogP contribution in [0.15, 0.2) is 54.9 Å². The van der Waals surface area contributed by atoms with Crippen LogP contribution in [0.25, 0.3) is 39.0 Å². The number of aromatic nitrogens is 5. The summed E-state index contributed by atoms with van der Waals surface area (Å²) in [4.78, 5) is 41.3. The first kappa shape index (κ1) is 35.6. The van der Waals surface area contributed by atoms with Crippen molar-refractivity contribution in [3.05, 3.63) is 83.0 Å². The van der Waals surface area contributed by atoms with Crippen LogP contribution in [0.5, 0.6) is 6.01 Å². The lowest BCUT2D eigenvalue weighted by Crippen LogP contribution is -2.46. The van der Waals surface area contributed by atoms with Crippen molar-refractivity contribution < 1.29 is 18.3 Å². The molecule has 2 aliphatic heterocycles. The number of hydrogen-bond donors (Lipinski definition) is 0. The number of pyridine rings is 1. The van der Waals surface area contributed by atoms with Gasteiger partial charge in [-0.3, -0.25) is 14.7 Å². The van der Waals surface area contributed by atoms with Gasteiger partial charge >= 0.3 is 6.01 Å². The van der Waals surface area contributed by atoms with E-state index in [1.165, 1.54) is 12.2 Å². The quantitative estimate of drug-likeness (QED) is 0.138. The second-order valence-electron chi connectivity index (χ2n) is 13.8. The van der Waals surface area contributed by atoms with Crippen molar-refractivity contribution in [2.45, 2.75) is 57.5 Å². The number of halogens is 3. The Morgan fingerprint density at radius 1 is 1.12 bits per heavy atom. The Bertz CT molecular complexity index is 2180. The summed E-state index contributed by atoms with van der Waals surface area (Å²) in [5.74, 6) is -0.613. The molecule has 13 heteroatoms. The molecule has 3 aromatic heterocycles. The summed E-state index contributed by atoms with van der Waals surface area (Å²) in [6.45, 7) is 6.02. The van der Waals surface area contributed by atoms with Gasteiger partial charge in [-0.2, -0.15) is 9.97 Å². The Kier molecular flexibility index (Phi) is 10.0. The van der Waals surface area contributed by atoms with E-state index < -0.39 is 11.6 Å². The van der Waals surface area contributed by atoms with E-state index in [0.717, 1.165) is 43.8 Å². The standard InChI is InChI=1S/C39H41ClF2N8O2/c1-5-16-39(17-8-18-48(39)3)23-52-38-46-36-28(20-44-35(34(36)42)27-11-6-9-25-10-7-12-29(40)33(25)27)37(47-38)49(4)26-15-19-50(22-26)32(51)14-13-31-30(41)21-43-24(2)45-31/h6-7,9-14,20-21,26H,5,8,15-19,22-23H2,1-4H3/b14-13+. The normalized spacial score (nSPS) is 19.4. The first-order chi connectivity index (χ1) is 25.1. The number of nitrogens with zero attached hydrogens (tertiary/aromatic N) is 8. The van der Waals surface area contributed by atoms with Gasteiger partial charge in [-0.1, -0.05) is 55.3 Å². The average molecular weight is 727 g/mol. The van der Waals surface area contributed by atoms with E-state index in [9.17, 15) is 9.18 Å². The van der Waals surface area contributed by atoms with Gasteiger partial charge in [0.2, 0.25) is 5.91 Å². The van der Waals surface area contributed by atoms with Crippen LogP contribution in [0, 0.1) is 18.6 Å². The van der Waals surface area contributed by atoms with E-state index in [1.807, 2.05) is 36.2 Å². The molecular weight excluding hydrogens is 686 g/mol. The highest BCUT2D eigenvalue weighted by atomic mass is 35.5. The van der Waals surface area contributed by atoms with E-state index in [4.69, 9.17) is 21.3 Å². The highest BCUT2D eigenvalue weighted by molar-refractivity contribution is 6.36. The zero-order valence-corrected chi connectivity index (χ0v) is 30.5. The summed E-state index contributed by atoms with van der Waals surface area (Å²) in [5, 5.41) is 2.49. The Morgan fingerprint density at radius 3 is 2.69 bits per heavy atom. The monoisotopic (exact) mass is 726 g/mol. The molecule has 2 fully saturated rings. The van der Waals surface area contributed by atoms with Crippen molar-refractivity contribution in [1.29, 1.82) is 0 Å². The molecule has 2 aliphatic rings. The van der Waals surface area contributed by atoms with Crippen LogP contribution in [-0.2, 0) is 4.79 Å². The van der Waals surface area contributed by atoms with Crippen molar-refractivity contribution in [3.8, 4) is 17.3 Å². The first-order valence-electron chi connectivity index (χ1n) is 17.7. The molecule has 10 nitrogen and oxygen atoms in total. The molecular formula is C39H41ClF2N8O2. The van der Waals surface area contributed by atoms with Gasteiger partial charge in [0.05, 0.1) is 17.1 Å². The molecule has 0 saturated carbocycles.